The zero-order valence-corrected chi connectivity index (χ0v) is 12.9. The molecule has 0 bridgehead atoms. The molecule has 1 unspecified atom stereocenters. The van der Waals surface area contributed by atoms with Gasteiger partial charge < -0.3 is 5.32 Å². The highest BCUT2D eigenvalue weighted by molar-refractivity contribution is 6.07. The molecule has 1 aliphatic heterocycles. The van der Waals surface area contributed by atoms with Gasteiger partial charge in [-0.25, -0.2) is 0 Å². The maximum Gasteiger partial charge on any atom is 0.163 e. The minimum absolute atomic E-state index is 0. The van der Waals surface area contributed by atoms with Gasteiger partial charge in [0.25, 0.3) is 0 Å². The standard InChI is InChI=1S/C17H20N2O.ClH/c20-17(8-7-13-4-3-10-18-12-13)15-9-11-19-16-6-2-1-5-14(15)16;/h1-2,5-6,9,11,13,18H,3-4,7-8,10,12H2;1H. The zero-order valence-electron chi connectivity index (χ0n) is 12.0. The lowest BCUT2D eigenvalue weighted by molar-refractivity contribution is 0.0973. The predicted octanol–water partition coefficient (Wildman–Crippen LogP) is 3.62. The summed E-state index contributed by atoms with van der Waals surface area (Å²) in [6.07, 6.45) is 5.84. The second-order valence-corrected chi connectivity index (χ2v) is 5.55. The van der Waals surface area contributed by atoms with E-state index in [0.29, 0.717) is 12.3 Å². The number of carbonyl (C=O) groups excluding carboxylic acids is 1. The van der Waals surface area contributed by atoms with Crippen molar-refractivity contribution in [3.05, 3.63) is 42.1 Å². The number of piperidine rings is 1. The summed E-state index contributed by atoms with van der Waals surface area (Å²) in [5.41, 5.74) is 1.72. The number of nitrogens with zero attached hydrogens (tertiary/aromatic N) is 1. The van der Waals surface area contributed by atoms with Crippen molar-refractivity contribution in [3.8, 4) is 0 Å². The molecule has 3 nitrogen and oxygen atoms in total. The molecule has 2 aromatic rings. The first kappa shape index (κ1) is 15.9. The first-order chi connectivity index (χ1) is 9.84. The van der Waals surface area contributed by atoms with E-state index in [0.717, 1.165) is 36.0 Å². The van der Waals surface area contributed by atoms with Gasteiger partial charge in [-0.05, 0) is 50.4 Å². The smallest absolute Gasteiger partial charge is 0.163 e. The molecule has 0 aliphatic carbocycles. The molecule has 1 fully saturated rings. The summed E-state index contributed by atoms with van der Waals surface area (Å²) in [6.45, 7) is 2.18. The molecule has 0 amide bonds. The van der Waals surface area contributed by atoms with Crippen molar-refractivity contribution in [1.82, 2.24) is 10.3 Å². The number of nitrogens with one attached hydrogen (secondary N) is 1. The summed E-state index contributed by atoms with van der Waals surface area (Å²) in [5.74, 6) is 0.898. The number of hydrogen-bond donors (Lipinski definition) is 1. The number of fused-ring (bicyclic) bond motifs is 1. The Hall–Kier alpha value is -1.45. The second kappa shape index (κ2) is 7.53. The molecule has 21 heavy (non-hydrogen) atoms. The SMILES string of the molecule is Cl.O=C(CCC1CCCNC1)c1ccnc2ccccc12. The first-order valence-corrected chi connectivity index (χ1v) is 7.42. The van der Waals surface area contributed by atoms with Crippen LogP contribution in [0.4, 0.5) is 0 Å². The van der Waals surface area contributed by atoms with Crippen LogP contribution in [0.3, 0.4) is 0 Å². The van der Waals surface area contributed by atoms with Crippen LogP contribution in [0.1, 0.15) is 36.0 Å². The van der Waals surface area contributed by atoms with Crippen molar-refractivity contribution < 1.29 is 4.79 Å². The molecular weight excluding hydrogens is 284 g/mol. The Morgan fingerprint density at radius 2 is 2.14 bits per heavy atom. The molecular formula is C17H21ClN2O. The van der Waals surface area contributed by atoms with E-state index in [2.05, 4.69) is 10.3 Å². The number of rotatable bonds is 4. The lowest BCUT2D eigenvalue weighted by Crippen LogP contribution is -2.30. The Kier molecular flexibility index (Phi) is 5.71. The number of Topliss-reactive ketones (excluding diaryl/α,β-unsaturated/α-hetero) is 1. The van der Waals surface area contributed by atoms with E-state index < -0.39 is 0 Å². The van der Waals surface area contributed by atoms with E-state index >= 15 is 0 Å². The van der Waals surface area contributed by atoms with Gasteiger partial charge in [0.15, 0.2) is 5.78 Å². The number of benzene rings is 1. The first-order valence-electron chi connectivity index (χ1n) is 7.42. The van der Waals surface area contributed by atoms with Crippen LogP contribution in [0, 0.1) is 5.92 Å². The molecule has 1 aromatic carbocycles. The summed E-state index contributed by atoms with van der Waals surface area (Å²) in [6, 6.07) is 9.71. The maximum absolute atomic E-state index is 12.5. The van der Waals surface area contributed by atoms with Crippen LogP contribution in [0.25, 0.3) is 10.9 Å². The second-order valence-electron chi connectivity index (χ2n) is 5.55. The Labute approximate surface area is 131 Å². The summed E-state index contributed by atoms with van der Waals surface area (Å²) >= 11 is 0. The number of pyridine rings is 1. The third-order valence-electron chi connectivity index (χ3n) is 4.13. The average Bonchev–Trinajstić information content (AvgIpc) is 2.53. The minimum atomic E-state index is 0. The van der Waals surface area contributed by atoms with Gasteiger partial charge >= 0.3 is 0 Å². The van der Waals surface area contributed by atoms with Crippen LogP contribution in [0.5, 0.6) is 0 Å². The molecule has 1 aromatic heterocycles. The molecule has 1 atom stereocenters. The molecule has 0 saturated carbocycles. The zero-order chi connectivity index (χ0) is 13.8. The Morgan fingerprint density at radius 1 is 1.29 bits per heavy atom. The fourth-order valence-electron chi connectivity index (χ4n) is 2.98. The Morgan fingerprint density at radius 3 is 2.95 bits per heavy atom. The minimum Gasteiger partial charge on any atom is -0.316 e. The molecule has 2 heterocycles. The van der Waals surface area contributed by atoms with Crippen molar-refractivity contribution in [2.45, 2.75) is 25.7 Å². The van der Waals surface area contributed by atoms with Crippen LogP contribution < -0.4 is 5.32 Å². The maximum atomic E-state index is 12.5. The van der Waals surface area contributed by atoms with Crippen LogP contribution in [0.2, 0.25) is 0 Å². The monoisotopic (exact) mass is 304 g/mol. The van der Waals surface area contributed by atoms with Crippen molar-refractivity contribution in [3.63, 3.8) is 0 Å². The third kappa shape index (κ3) is 3.80. The summed E-state index contributed by atoms with van der Waals surface area (Å²) in [4.78, 5) is 16.8. The van der Waals surface area contributed by atoms with E-state index in [-0.39, 0.29) is 18.2 Å². The topological polar surface area (TPSA) is 42.0 Å². The van der Waals surface area contributed by atoms with Crippen molar-refractivity contribution in [2.24, 2.45) is 5.92 Å². The van der Waals surface area contributed by atoms with Gasteiger partial charge in [-0.1, -0.05) is 18.2 Å². The Balaban J connectivity index is 0.00000161. The molecule has 0 radical (unpaired) electrons. The summed E-state index contributed by atoms with van der Waals surface area (Å²) < 4.78 is 0. The molecule has 112 valence electrons. The van der Waals surface area contributed by atoms with Crippen molar-refractivity contribution in [2.75, 3.05) is 13.1 Å². The van der Waals surface area contributed by atoms with Gasteiger partial charge in [0, 0.05) is 23.6 Å². The van der Waals surface area contributed by atoms with Gasteiger partial charge in [-0.3, -0.25) is 9.78 Å². The van der Waals surface area contributed by atoms with Gasteiger partial charge in [-0.15, -0.1) is 12.4 Å². The highest BCUT2D eigenvalue weighted by atomic mass is 35.5. The number of ketones is 1. The van der Waals surface area contributed by atoms with Crippen LogP contribution >= 0.6 is 12.4 Å². The van der Waals surface area contributed by atoms with Crippen LogP contribution in [-0.2, 0) is 0 Å². The number of hydrogen-bond acceptors (Lipinski definition) is 3. The molecule has 3 rings (SSSR count). The lowest BCUT2D eigenvalue weighted by atomic mass is 9.92. The van der Waals surface area contributed by atoms with E-state index in [9.17, 15) is 4.79 Å². The van der Waals surface area contributed by atoms with Crippen LogP contribution in [0.15, 0.2) is 36.5 Å². The fourth-order valence-corrected chi connectivity index (χ4v) is 2.98. The largest absolute Gasteiger partial charge is 0.316 e. The molecule has 4 heteroatoms. The number of halogens is 1. The van der Waals surface area contributed by atoms with Gasteiger partial charge in [0.2, 0.25) is 0 Å². The predicted molar refractivity (Wildman–Crippen MR) is 88.1 cm³/mol. The molecule has 1 saturated heterocycles. The lowest BCUT2D eigenvalue weighted by Gasteiger charge is -2.22. The molecule has 1 N–H and O–H groups in total. The highest BCUT2D eigenvalue weighted by Gasteiger charge is 2.16. The highest BCUT2D eigenvalue weighted by Crippen LogP contribution is 2.21. The van der Waals surface area contributed by atoms with E-state index in [4.69, 9.17) is 0 Å². The van der Waals surface area contributed by atoms with E-state index in [1.165, 1.54) is 12.8 Å². The summed E-state index contributed by atoms with van der Waals surface area (Å²) in [5, 5.41) is 4.38. The van der Waals surface area contributed by atoms with Crippen LogP contribution in [-0.4, -0.2) is 23.9 Å². The number of para-hydroxylation sites is 1. The number of carbonyl (C=O) groups is 1. The van der Waals surface area contributed by atoms with E-state index in [1.54, 1.807) is 6.20 Å². The molecule has 0 spiro atoms. The van der Waals surface area contributed by atoms with Gasteiger partial charge in [0.05, 0.1) is 5.52 Å². The van der Waals surface area contributed by atoms with Gasteiger partial charge in [-0.2, -0.15) is 0 Å². The average molecular weight is 305 g/mol. The quantitative estimate of drug-likeness (QED) is 0.877. The normalized spacial score (nSPS) is 18.2. The van der Waals surface area contributed by atoms with Crippen molar-refractivity contribution in [1.29, 1.82) is 0 Å². The Bertz CT molecular complexity index is 603. The van der Waals surface area contributed by atoms with Crippen molar-refractivity contribution >= 4 is 29.1 Å². The van der Waals surface area contributed by atoms with Gasteiger partial charge in [0.1, 0.15) is 0 Å². The summed E-state index contributed by atoms with van der Waals surface area (Å²) in [7, 11) is 0. The third-order valence-corrected chi connectivity index (χ3v) is 4.13. The molecule has 1 aliphatic rings. The van der Waals surface area contributed by atoms with E-state index in [1.807, 2.05) is 30.3 Å². The fraction of sp³-hybridized carbons (Fsp3) is 0.412. The number of aromatic nitrogens is 1.